The first-order valence-electron chi connectivity index (χ1n) is 8.51. The molecule has 0 N–H and O–H groups in total. The van der Waals surface area contributed by atoms with Gasteiger partial charge < -0.3 is 18.8 Å². The number of rotatable bonds is 6. The lowest BCUT2D eigenvalue weighted by atomic mass is 9.78. The molecule has 0 saturated carbocycles. The van der Waals surface area contributed by atoms with Crippen LogP contribution in [0.15, 0.2) is 23.7 Å². The fraction of sp³-hybridized carbons (Fsp3) is 0.526. The van der Waals surface area contributed by atoms with Crippen molar-refractivity contribution in [3.05, 3.63) is 29.2 Å². The van der Waals surface area contributed by atoms with Crippen molar-refractivity contribution in [2.75, 3.05) is 20.0 Å². The van der Waals surface area contributed by atoms with E-state index in [1.54, 1.807) is 21.1 Å². The zero-order valence-electron chi connectivity index (χ0n) is 16.5. The minimum absolute atomic E-state index is 0.0463. The average Bonchev–Trinajstić information content (AvgIpc) is 2.78. The van der Waals surface area contributed by atoms with E-state index in [9.17, 15) is 4.79 Å². The predicted molar refractivity (Wildman–Crippen MR) is 107 cm³/mol. The number of carbonyl (C=O) groups is 1. The Morgan fingerprint density at radius 2 is 1.77 bits per heavy atom. The number of carbonyl (C=O) groups excluding carboxylic acids is 1. The first-order valence-corrected chi connectivity index (χ1v) is 9.49. The van der Waals surface area contributed by atoms with Crippen LogP contribution in [0.4, 0.5) is 0 Å². The van der Waals surface area contributed by atoms with Gasteiger partial charge in [0.15, 0.2) is 5.12 Å². The maximum absolute atomic E-state index is 11.5. The highest BCUT2D eigenvalue weighted by molar-refractivity contribution is 8.13. The molecular weight excluding hydrogens is 351 g/mol. The van der Waals surface area contributed by atoms with Gasteiger partial charge in [-0.1, -0.05) is 17.8 Å². The Kier molecular flexibility index (Phi) is 6.48. The van der Waals surface area contributed by atoms with Crippen molar-refractivity contribution < 1.29 is 23.6 Å². The van der Waals surface area contributed by atoms with E-state index < -0.39 is 18.3 Å². The number of thioether (sulfide) groups is 1. The smallest absolute Gasteiger partial charge is 0.491 e. The molecule has 1 aliphatic rings. The fourth-order valence-electron chi connectivity index (χ4n) is 2.51. The van der Waals surface area contributed by atoms with Gasteiger partial charge in [0.1, 0.15) is 11.5 Å². The lowest BCUT2D eigenvalue weighted by Crippen LogP contribution is -2.41. The highest BCUT2D eigenvalue weighted by atomic mass is 32.2. The molecule has 1 saturated heterocycles. The molecule has 0 atom stereocenters. The summed E-state index contributed by atoms with van der Waals surface area (Å²) in [6.07, 6.45) is 1.96. The Balaban J connectivity index is 2.42. The maximum Gasteiger partial charge on any atom is 0.491 e. The van der Waals surface area contributed by atoms with Crippen LogP contribution in [-0.2, 0) is 14.1 Å². The van der Waals surface area contributed by atoms with E-state index in [2.05, 4.69) is 0 Å². The Labute approximate surface area is 160 Å². The van der Waals surface area contributed by atoms with Crippen LogP contribution in [0.1, 0.15) is 40.2 Å². The minimum Gasteiger partial charge on any atom is -0.497 e. The molecule has 0 radical (unpaired) electrons. The number of methoxy groups -OCH3 is 2. The topological polar surface area (TPSA) is 54.0 Å². The molecule has 142 valence electrons. The van der Waals surface area contributed by atoms with Gasteiger partial charge in [-0.05, 0) is 51.4 Å². The summed E-state index contributed by atoms with van der Waals surface area (Å²) in [7, 11) is 2.72. The van der Waals surface area contributed by atoms with Gasteiger partial charge in [0.2, 0.25) is 0 Å². The van der Waals surface area contributed by atoms with Crippen molar-refractivity contribution in [1.82, 2.24) is 0 Å². The zero-order valence-corrected chi connectivity index (χ0v) is 17.4. The molecule has 0 amide bonds. The summed E-state index contributed by atoms with van der Waals surface area (Å²) in [5, 5.41) is 0.0463. The fourth-order valence-corrected chi connectivity index (χ4v) is 3.10. The number of hydrogen-bond donors (Lipinski definition) is 0. The molecule has 1 heterocycles. The lowest BCUT2D eigenvalue weighted by molar-refractivity contribution is -0.109. The van der Waals surface area contributed by atoms with Gasteiger partial charge in [0.05, 0.1) is 25.4 Å². The highest BCUT2D eigenvalue weighted by Gasteiger charge is 2.52. The van der Waals surface area contributed by atoms with E-state index in [1.165, 1.54) is 11.8 Å². The Hall–Kier alpha value is -1.44. The summed E-state index contributed by atoms with van der Waals surface area (Å²) in [5.74, 6) is 1.92. The molecular formula is C19H27BO5S. The Morgan fingerprint density at radius 3 is 2.27 bits per heavy atom. The summed E-state index contributed by atoms with van der Waals surface area (Å²) in [6, 6.07) is 5.59. The van der Waals surface area contributed by atoms with E-state index in [4.69, 9.17) is 18.8 Å². The number of benzene rings is 1. The quantitative estimate of drug-likeness (QED) is 0.698. The highest BCUT2D eigenvalue weighted by Crippen LogP contribution is 2.40. The lowest BCUT2D eigenvalue weighted by Gasteiger charge is -2.32. The van der Waals surface area contributed by atoms with Crippen molar-refractivity contribution in [3.63, 3.8) is 0 Å². The van der Waals surface area contributed by atoms with E-state index in [-0.39, 0.29) is 5.12 Å². The molecule has 7 heteroatoms. The Bertz CT molecular complexity index is 683. The third kappa shape index (κ3) is 4.64. The van der Waals surface area contributed by atoms with Gasteiger partial charge in [-0.3, -0.25) is 4.79 Å². The second-order valence-electron chi connectivity index (χ2n) is 7.20. The number of ether oxygens (including phenoxy) is 2. The molecule has 2 rings (SSSR count). The summed E-state index contributed by atoms with van der Waals surface area (Å²) < 4.78 is 23.1. The monoisotopic (exact) mass is 378 g/mol. The van der Waals surface area contributed by atoms with Gasteiger partial charge in [0, 0.05) is 18.2 Å². The molecule has 1 aliphatic heterocycles. The molecule has 26 heavy (non-hydrogen) atoms. The SMILES string of the molecule is COc1ccc(OC)c(C=C(CSC(C)=O)B2OC(C)(C)C(C)(C)O2)c1. The second kappa shape index (κ2) is 8.07. The standard InChI is InChI=1S/C19H27BO5S/c1-13(21)26-12-15(20-24-18(2,3)19(4,5)25-20)10-14-11-16(22-6)8-9-17(14)23-7/h8-11H,12H2,1-7H3. The molecule has 1 fully saturated rings. The molecule has 0 spiro atoms. The summed E-state index contributed by atoms with van der Waals surface area (Å²) >= 11 is 1.23. The van der Waals surface area contributed by atoms with Crippen LogP contribution in [0.2, 0.25) is 0 Å². The molecule has 1 aromatic carbocycles. The summed E-state index contributed by atoms with van der Waals surface area (Å²) in [6.45, 7) is 9.59. The van der Waals surface area contributed by atoms with Crippen LogP contribution in [0, 0.1) is 0 Å². The van der Waals surface area contributed by atoms with Gasteiger partial charge >= 0.3 is 7.12 Å². The largest absolute Gasteiger partial charge is 0.497 e. The zero-order chi connectivity index (χ0) is 19.5. The Morgan fingerprint density at radius 1 is 1.15 bits per heavy atom. The average molecular weight is 378 g/mol. The van der Waals surface area contributed by atoms with Crippen molar-refractivity contribution >= 4 is 30.1 Å². The normalized spacial score (nSPS) is 18.7. The predicted octanol–water partition coefficient (Wildman–Crippen LogP) is 4.00. The van der Waals surface area contributed by atoms with E-state index in [1.807, 2.05) is 52.0 Å². The van der Waals surface area contributed by atoms with Gasteiger partial charge in [-0.2, -0.15) is 0 Å². The van der Waals surface area contributed by atoms with E-state index >= 15 is 0 Å². The van der Waals surface area contributed by atoms with Crippen LogP contribution < -0.4 is 9.47 Å². The molecule has 0 aromatic heterocycles. The van der Waals surface area contributed by atoms with Crippen LogP contribution in [0.3, 0.4) is 0 Å². The molecule has 0 bridgehead atoms. The van der Waals surface area contributed by atoms with Crippen LogP contribution in [0.5, 0.6) is 11.5 Å². The molecule has 5 nitrogen and oxygen atoms in total. The van der Waals surface area contributed by atoms with Gasteiger partial charge in [-0.15, -0.1) is 0 Å². The van der Waals surface area contributed by atoms with E-state index in [0.717, 1.165) is 16.8 Å². The van der Waals surface area contributed by atoms with E-state index in [0.29, 0.717) is 11.5 Å². The molecule has 1 aromatic rings. The van der Waals surface area contributed by atoms with Gasteiger partial charge in [0.25, 0.3) is 0 Å². The number of hydrogen-bond acceptors (Lipinski definition) is 6. The summed E-state index contributed by atoms with van der Waals surface area (Å²) in [5.41, 5.74) is 0.822. The van der Waals surface area contributed by atoms with Crippen molar-refractivity contribution in [2.45, 2.75) is 45.8 Å². The molecule has 0 unspecified atom stereocenters. The second-order valence-corrected chi connectivity index (χ2v) is 8.35. The third-order valence-corrected chi connectivity index (χ3v) is 5.66. The van der Waals surface area contributed by atoms with Crippen molar-refractivity contribution in [3.8, 4) is 11.5 Å². The van der Waals surface area contributed by atoms with Crippen LogP contribution in [0.25, 0.3) is 6.08 Å². The molecule has 0 aliphatic carbocycles. The first-order chi connectivity index (χ1) is 12.1. The van der Waals surface area contributed by atoms with Crippen molar-refractivity contribution in [1.29, 1.82) is 0 Å². The maximum atomic E-state index is 11.5. The third-order valence-electron chi connectivity index (χ3n) is 4.78. The minimum atomic E-state index is -0.525. The van der Waals surface area contributed by atoms with Crippen LogP contribution in [-0.4, -0.2) is 43.4 Å². The van der Waals surface area contributed by atoms with Gasteiger partial charge in [-0.25, -0.2) is 0 Å². The first kappa shape index (κ1) is 20.9. The summed E-state index contributed by atoms with van der Waals surface area (Å²) in [4.78, 5) is 11.5. The van der Waals surface area contributed by atoms with Crippen molar-refractivity contribution in [2.24, 2.45) is 0 Å². The van der Waals surface area contributed by atoms with Crippen LogP contribution >= 0.6 is 11.8 Å².